The molecule has 1 N–H and O–H groups in total. The van der Waals surface area contributed by atoms with Crippen LogP contribution in [0.25, 0.3) is 0 Å². The van der Waals surface area contributed by atoms with E-state index < -0.39 is 11.4 Å². The molecule has 1 aromatic carbocycles. The molecule has 0 saturated heterocycles. The quantitative estimate of drug-likeness (QED) is 0.867. The van der Waals surface area contributed by atoms with Crippen LogP contribution in [0.3, 0.4) is 0 Å². The van der Waals surface area contributed by atoms with E-state index in [1.807, 2.05) is 24.3 Å². The molecule has 116 valence electrons. The van der Waals surface area contributed by atoms with E-state index in [0.29, 0.717) is 30.4 Å². The second-order valence-corrected chi connectivity index (χ2v) is 6.02. The molecule has 0 amide bonds. The Morgan fingerprint density at radius 2 is 1.90 bits per heavy atom. The summed E-state index contributed by atoms with van der Waals surface area (Å²) in [6.07, 6.45) is 4.02. The number of carboxylic acid groups (broad SMARTS) is 1. The van der Waals surface area contributed by atoms with Gasteiger partial charge in [0, 0.05) is 0 Å². The van der Waals surface area contributed by atoms with Gasteiger partial charge in [0.25, 0.3) is 0 Å². The standard InChI is InChI=1S/C17H24O4/c1-13-7-9-17(10-8-13,16(18)19)11-12-21-15-6-4-3-5-14(15)20-2/h3-6,13H,7-12H2,1-2H3,(H,18,19). The Balaban J connectivity index is 1.95. The van der Waals surface area contributed by atoms with Gasteiger partial charge in [-0.05, 0) is 50.2 Å². The van der Waals surface area contributed by atoms with Gasteiger partial charge in [-0.3, -0.25) is 4.79 Å². The summed E-state index contributed by atoms with van der Waals surface area (Å²) in [5.74, 6) is 1.30. The van der Waals surface area contributed by atoms with Crippen molar-refractivity contribution >= 4 is 5.97 Å². The summed E-state index contributed by atoms with van der Waals surface area (Å²) < 4.78 is 11.0. The van der Waals surface area contributed by atoms with Gasteiger partial charge in [0.05, 0.1) is 19.1 Å². The highest BCUT2D eigenvalue weighted by Crippen LogP contribution is 2.42. The van der Waals surface area contributed by atoms with Crippen molar-refractivity contribution in [2.45, 2.75) is 39.0 Å². The van der Waals surface area contributed by atoms with E-state index in [1.54, 1.807) is 7.11 Å². The first kappa shape index (κ1) is 15.7. The molecule has 21 heavy (non-hydrogen) atoms. The van der Waals surface area contributed by atoms with Gasteiger partial charge in [0.1, 0.15) is 0 Å². The van der Waals surface area contributed by atoms with Crippen molar-refractivity contribution in [3.63, 3.8) is 0 Å². The van der Waals surface area contributed by atoms with Gasteiger partial charge in [-0.25, -0.2) is 0 Å². The largest absolute Gasteiger partial charge is 0.493 e. The Hall–Kier alpha value is -1.71. The van der Waals surface area contributed by atoms with Crippen LogP contribution in [0.1, 0.15) is 39.0 Å². The maximum Gasteiger partial charge on any atom is 0.309 e. The fraction of sp³-hybridized carbons (Fsp3) is 0.588. The lowest BCUT2D eigenvalue weighted by Crippen LogP contribution is -2.36. The summed E-state index contributed by atoms with van der Waals surface area (Å²) in [4.78, 5) is 11.7. The van der Waals surface area contributed by atoms with Crippen molar-refractivity contribution in [1.29, 1.82) is 0 Å². The number of carbonyl (C=O) groups is 1. The summed E-state index contributed by atoms with van der Waals surface area (Å²) >= 11 is 0. The highest BCUT2D eigenvalue weighted by atomic mass is 16.5. The first-order valence-corrected chi connectivity index (χ1v) is 7.56. The molecule has 0 radical (unpaired) electrons. The van der Waals surface area contributed by atoms with Crippen molar-refractivity contribution in [2.75, 3.05) is 13.7 Å². The van der Waals surface area contributed by atoms with Gasteiger partial charge >= 0.3 is 5.97 Å². The molecule has 0 aromatic heterocycles. The van der Waals surface area contributed by atoms with Crippen LogP contribution in [0.15, 0.2) is 24.3 Å². The molecule has 1 aromatic rings. The molecule has 0 aliphatic heterocycles. The first-order chi connectivity index (χ1) is 10.1. The third-order valence-corrected chi connectivity index (χ3v) is 4.59. The molecular formula is C17H24O4. The highest BCUT2D eigenvalue weighted by molar-refractivity contribution is 5.74. The van der Waals surface area contributed by atoms with E-state index in [2.05, 4.69) is 6.92 Å². The van der Waals surface area contributed by atoms with Crippen LogP contribution in [0.4, 0.5) is 0 Å². The van der Waals surface area contributed by atoms with Gasteiger partial charge in [-0.15, -0.1) is 0 Å². The second-order valence-electron chi connectivity index (χ2n) is 6.02. The molecule has 1 aliphatic carbocycles. The second kappa shape index (κ2) is 6.83. The van der Waals surface area contributed by atoms with Crippen LogP contribution >= 0.6 is 0 Å². The fourth-order valence-electron chi connectivity index (χ4n) is 2.98. The van der Waals surface area contributed by atoms with Crippen LogP contribution in [-0.4, -0.2) is 24.8 Å². The van der Waals surface area contributed by atoms with Crippen LogP contribution < -0.4 is 9.47 Å². The zero-order valence-electron chi connectivity index (χ0n) is 12.8. The lowest BCUT2D eigenvalue weighted by atomic mass is 9.69. The van der Waals surface area contributed by atoms with E-state index in [4.69, 9.17) is 9.47 Å². The number of rotatable bonds is 6. The Bertz CT molecular complexity index is 475. The van der Waals surface area contributed by atoms with E-state index in [9.17, 15) is 9.90 Å². The Morgan fingerprint density at radius 1 is 1.29 bits per heavy atom. The number of hydrogen-bond acceptors (Lipinski definition) is 3. The third-order valence-electron chi connectivity index (χ3n) is 4.59. The SMILES string of the molecule is COc1ccccc1OCCC1(C(=O)O)CCC(C)CC1. The summed E-state index contributed by atoms with van der Waals surface area (Å²) in [6.45, 7) is 2.60. The average molecular weight is 292 g/mol. The zero-order chi connectivity index (χ0) is 15.3. The number of methoxy groups -OCH3 is 1. The molecule has 1 aliphatic rings. The minimum Gasteiger partial charge on any atom is -0.493 e. The van der Waals surface area contributed by atoms with Gasteiger partial charge in [-0.2, -0.15) is 0 Å². The summed E-state index contributed by atoms with van der Waals surface area (Å²) in [5, 5.41) is 9.59. The van der Waals surface area contributed by atoms with Crippen molar-refractivity contribution in [3.05, 3.63) is 24.3 Å². The van der Waals surface area contributed by atoms with Crippen LogP contribution in [0.5, 0.6) is 11.5 Å². The summed E-state index contributed by atoms with van der Waals surface area (Å²) in [5.41, 5.74) is -0.617. The van der Waals surface area contributed by atoms with Crippen molar-refractivity contribution in [2.24, 2.45) is 11.3 Å². The molecule has 2 rings (SSSR count). The van der Waals surface area contributed by atoms with Crippen molar-refractivity contribution in [1.82, 2.24) is 0 Å². The molecular weight excluding hydrogens is 268 g/mol. The van der Waals surface area contributed by atoms with Crippen molar-refractivity contribution in [3.8, 4) is 11.5 Å². The molecule has 4 heteroatoms. The molecule has 4 nitrogen and oxygen atoms in total. The summed E-state index contributed by atoms with van der Waals surface area (Å²) in [6, 6.07) is 7.44. The Labute approximate surface area is 126 Å². The van der Waals surface area contributed by atoms with Crippen LogP contribution in [0.2, 0.25) is 0 Å². The van der Waals surface area contributed by atoms with Gasteiger partial charge in [-0.1, -0.05) is 19.1 Å². The predicted octanol–water partition coefficient (Wildman–Crippen LogP) is 3.75. The molecule has 0 unspecified atom stereocenters. The summed E-state index contributed by atoms with van der Waals surface area (Å²) in [7, 11) is 1.60. The van der Waals surface area contributed by atoms with Gasteiger partial charge in [0.15, 0.2) is 11.5 Å². The topological polar surface area (TPSA) is 55.8 Å². The number of ether oxygens (including phenoxy) is 2. The third kappa shape index (κ3) is 3.69. The zero-order valence-corrected chi connectivity index (χ0v) is 12.8. The lowest BCUT2D eigenvalue weighted by molar-refractivity contribution is -0.152. The molecule has 1 saturated carbocycles. The number of hydrogen-bond donors (Lipinski definition) is 1. The number of benzene rings is 1. The molecule has 0 atom stereocenters. The number of carboxylic acids is 1. The minimum absolute atomic E-state index is 0.404. The number of para-hydroxylation sites is 2. The van der Waals surface area contributed by atoms with Crippen molar-refractivity contribution < 1.29 is 19.4 Å². The Kier molecular flexibility index (Phi) is 5.10. The van der Waals surface area contributed by atoms with E-state index >= 15 is 0 Å². The molecule has 1 fully saturated rings. The van der Waals surface area contributed by atoms with Crippen LogP contribution in [-0.2, 0) is 4.79 Å². The van der Waals surface area contributed by atoms with Gasteiger partial charge < -0.3 is 14.6 Å². The molecule has 0 spiro atoms. The molecule has 0 bridgehead atoms. The van der Waals surface area contributed by atoms with E-state index in [-0.39, 0.29) is 0 Å². The normalized spacial score (nSPS) is 25.3. The average Bonchev–Trinajstić information content (AvgIpc) is 2.50. The predicted molar refractivity (Wildman–Crippen MR) is 80.8 cm³/mol. The highest BCUT2D eigenvalue weighted by Gasteiger charge is 2.40. The fourth-order valence-corrected chi connectivity index (χ4v) is 2.98. The van der Waals surface area contributed by atoms with E-state index in [0.717, 1.165) is 25.7 Å². The minimum atomic E-state index is -0.682. The van der Waals surface area contributed by atoms with Crippen LogP contribution in [0, 0.1) is 11.3 Å². The monoisotopic (exact) mass is 292 g/mol. The lowest BCUT2D eigenvalue weighted by Gasteiger charge is -2.35. The molecule has 0 heterocycles. The van der Waals surface area contributed by atoms with Gasteiger partial charge in [0.2, 0.25) is 0 Å². The Morgan fingerprint density at radius 3 is 2.48 bits per heavy atom. The first-order valence-electron chi connectivity index (χ1n) is 7.56. The smallest absolute Gasteiger partial charge is 0.309 e. The maximum atomic E-state index is 11.7. The van der Waals surface area contributed by atoms with E-state index in [1.165, 1.54) is 0 Å². The maximum absolute atomic E-state index is 11.7. The number of aliphatic carboxylic acids is 1.